The molecule has 1 aromatic carbocycles. The van der Waals surface area contributed by atoms with E-state index in [1.54, 1.807) is 11.3 Å². The number of rotatable bonds is 6. The molecule has 5 rings (SSSR count). The molecule has 1 spiro atoms. The average Bonchev–Trinajstić information content (AvgIpc) is 2.89. The Morgan fingerprint density at radius 1 is 0.853 bits per heavy atom. The Bertz CT molecular complexity index is 742. The molecule has 4 fully saturated rings. The second kappa shape index (κ2) is 12.3. The molecule has 5 heteroatoms. The fourth-order valence-corrected chi connectivity index (χ4v) is 7.11. The molecule has 2 heterocycles. The summed E-state index contributed by atoms with van der Waals surface area (Å²) in [5.74, 6) is 0.742. The lowest BCUT2D eigenvalue weighted by molar-refractivity contribution is 0.114. The third-order valence-electron chi connectivity index (χ3n) is 9.33. The minimum atomic E-state index is 0. The monoisotopic (exact) mass is 489 g/mol. The first-order chi connectivity index (χ1) is 16.3. The molecule has 0 bridgehead atoms. The highest BCUT2D eigenvalue weighted by Gasteiger charge is 2.37. The minimum Gasteiger partial charge on any atom is -0.378 e. The average molecular weight is 490 g/mol. The van der Waals surface area contributed by atoms with E-state index in [0.717, 1.165) is 32.2 Å². The van der Waals surface area contributed by atoms with Crippen LogP contribution in [0.15, 0.2) is 18.2 Å². The van der Waals surface area contributed by atoms with E-state index in [-0.39, 0.29) is 12.4 Å². The molecule has 0 atom stereocenters. The number of piperazine rings is 1. The highest BCUT2D eigenvalue weighted by molar-refractivity contribution is 5.85. The molecule has 4 nitrogen and oxygen atoms in total. The molecule has 2 aliphatic heterocycles. The highest BCUT2D eigenvalue weighted by Crippen LogP contribution is 2.52. The van der Waals surface area contributed by atoms with Crippen molar-refractivity contribution in [2.75, 3.05) is 68.8 Å². The highest BCUT2D eigenvalue weighted by atomic mass is 35.5. The standard InChI is InChI=1S/C29H47N3O.ClH/c1-2-3-15-30-16-18-32(19-17-30)28-8-7-26(31-20-22-33-23-21-31)24-27(28)25-9-13-29(14-10-25)11-5-4-6-12-29;/h7-8,24-25H,2-6,9-23H2,1H3;1H. The SMILES string of the molecule is CCCCN1CCN(c2ccc(N3CCOCC3)cc2C2CCC3(CCCCC3)CC2)CC1.Cl. The first-order valence-corrected chi connectivity index (χ1v) is 14.2. The van der Waals surface area contributed by atoms with Gasteiger partial charge in [0.2, 0.25) is 0 Å². The van der Waals surface area contributed by atoms with Crippen molar-refractivity contribution in [2.45, 2.75) is 83.5 Å². The van der Waals surface area contributed by atoms with Gasteiger partial charge in [-0.2, -0.15) is 0 Å². The van der Waals surface area contributed by atoms with Crippen LogP contribution in [0.3, 0.4) is 0 Å². The number of nitrogens with zero attached hydrogens (tertiary/aromatic N) is 3. The largest absolute Gasteiger partial charge is 0.378 e. The van der Waals surface area contributed by atoms with Crippen molar-refractivity contribution >= 4 is 23.8 Å². The zero-order valence-corrected chi connectivity index (χ0v) is 22.4. The van der Waals surface area contributed by atoms with Gasteiger partial charge in [-0.3, -0.25) is 4.90 Å². The number of benzene rings is 1. The van der Waals surface area contributed by atoms with Crippen molar-refractivity contribution in [1.82, 2.24) is 4.90 Å². The van der Waals surface area contributed by atoms with E-state index in [0.29, 0.717) is 5.41 Å². The van der Waals surface area contributed by atoms with Crippen LogP contribution in [0.2, 0.25) is 0 Å². The van der Waals surface area contributed by atoms with Gasteiger partial charge >= 0.3 is 0 Å². The van der Waals surface area contributed by atoms with Crippen LogP contribution in [0.1, 0.15) is 89.0 Å². The van der Waals surface area contributed by atoms with Gasteiger partial charge in [-0.05, 0) is 86.6 Å². The van der Waals surface area contributed by atoms with Crippen LogP contribution in [-0.4, -0.2) is 63.9 Å². The molecule has 0 amide bonds. The maximum absolute atomic E-state index is 5.63. The predicted octanol–water partition coefficient (Wildman–Crippen LogP) is 6.48. The van der Waals surface area contributed by atoms with Crippen LogP contribution >= 0.6 is 12.4 Å². The molecular formula is C29H48ClN3O. The Labute approximate surface area is 214 Å². The van der Waals surface area contributed by atoms with E-state index in [9.17, 15) is 0 Å². The first kappa shape index (κ1) is 26.1. The van der Waals surface area contributed by atoms with Gasteiger partial charge < -0.3 is 14.5 Å². The topological polar surface area (TPSA) is 19.0 Å². The van der Waals surface area contributed by atoms with Gasteiger partial charge in [0, 0.05) is 50.6 Å². The number of halogens is 1. The van der Waals surface area contributed by atoms with Crippen molar-refractivity contribution in [3.63, 3.8) is 0 Å². The van der Waals surface area contributed by atoms with Crippen LogP contribution in [0.4, 0.5) is 11.4 Å². The van der Waals surface area contributed by atoms with Crippen LogP contribution in [-0.2, 0) is 4.74 Å². The Balaban J connectivity index is 0.00000274. The maximum atomic E-state index is 5.63. The summed E-state index contributed by atoms with van der Waals surface area (Å²) in [5, 5.41) is 0. The number of hydrogen-bond donors (Lipinski definition) is 0. The molecular weight excluding hydrogens is 442 g/mol. The Kier molecular flexibility index (Phi) is 9.46. The van der Waals surface area contributed by atoms with Crippen molar-refractivity contribution in [3.05, 3.63) is 23.8 Å². The van der Waals surface area contributed by atoms with Gasteiger partial charge in [-0.25, -0.2) is 0 Å². The number of morpholine rings is 1. The van der Waals surface area contributed by atoms with Crippen LogP contribution in [0.25, 0.3) is 0 Å². The van der Waals surface area contributed by atoms with E-state index < -0.39 is 0 Å². The lowest BCUT2D eigenvalue weighted by Gasteiger charge is -2.44. The molecule has 0 unspecified atom stereocenters. The molecule has 0 N–H and O–H groups in total. The molecule has 0 aromatic heterocycles. The van der Waals surface area contributed by atoms with Crippen molar-refractivity contribution in [2.24, 2.45) is 5.41 Å². The molecule has 2 aliphatic carbocycles. The molecule has 34 heavy (non-hydrogen) atoms. The van der Waals surface area contributed by atoms with E-state index in [1.807, 2.05) is 0 Å². The summed E-state index contributed by atoms with van der Waals surface area (Å²) in [5.41, 5.74) is 5.33. The van der Waals surface area contributed by atoms with Gasteiger partial charge in [0.1, 0.15) is 0 Å². The third-order valence-corrected chi connectivity index (χ3v) is 9.33. The summed E-state index contributed by atoms with van der Waals surface area (Å²) in [4.78, 5) is 7.94. The van der Waals surface area contributed by atoms with Gasteiger partial charge in [0.15, 0.2) is 0 Å². The van der Waals surface area contributed by atoms with Gasteiger partial charge in [0.05, 0.1) is 13.2 Å². The second-order valence-electron chi connectivity index (χ2n) is 11.4. The Hall–Kier alpha value is -0.970. The predicted molar refractivity (Wildman–Crippen MR) is 147 cm³/mol. The van der Waals surface area contributed by atoms with Gasteiger partial charge in [0.25, 0.3) is 0 Å². The zero-order valence-electron chi connectivity index (χ0n) is 21.6. The van der Waals surface area contributed by atoms with E-state index in [2.05, 4.69) is 39.8 Å². The number of hydrogen-bond acceptors (Lipinski definition) is 4. The Morgan fingerprint density at radius 3 is 2.24 bits per heavy atom. The van der Waals surface area contributed by atoms with E-state index in [4.69, 9.17) is 4.74 Å². The van der Waals surface area contributed by atoms with Crippen molar-refractivity contribution in [1.29, 1.82) is 0 Å². The normalized spacial score (nSPS) is 24.3. The third kappa shape index (κ3) is 6.05. The summed E-state index contributed by atoms with van der Waals surface area (Å²) in [6.45, 7) is 12.2. The molecule has 2 saturated carbocycles. The van der Waals surface area contributed by atoms with E-state index in [1.165, 1.54) is 109 Å². The van der Waals surface area contributed by atoms with Crippen LogP contribution in [0, 0.1) is 5.41 Å². The summed E-state index contributed by atoms with van der Waals surface area (Å²) in [7, 11) is 0. The Morgan fingerprint density at radius 2 is 1.56 bits per heavy atom. The molecule has 0 radical (unpaired) electrons. The molecule has 192 valence electrons. The summed E-state index contributed by atoms with van der Waals surface area (Å²) in [6, 6.07) is 7.47. The minimum absolute atomic E-state index is 0. The maximum Gasteiger partial charge on any atom is 0.0642 e. The van der Waals surface area contributed by atoms with Crippen LogP contribution in [0.5, 0.6) is 0 Å². The fourth-order valence-electron chi connectivity index (χ4n) is 7.11. The second-order valence-corrected chi connectivity index (χ2v) is 11.4. The summed E-state index contributed by atoms with van der Waals surface area (Å²) < 4.78 is 5.63. The lowest BCUT2D eigenvalue weighted by atomic mass is 9.62. The molecule has 2 saturated heterocycles. The van der Waals surface area contributed by atoms with Crippen LogP contribution < -0.4 is 9.80 Å². The van der Waals surface area contributed by atoms with Gasteiger partial charge in [-0.1, -0.05) is 32.6 Å². The van der Waals surface area contributed by atoms with E-state index >= 15 is 0 Å². The zero-order chi connectivity index (χ0) is 22.5. The molecule has 1 aromatic rings. The lowest BCUT2D eigenvalue weighted by Crippen LogP contribution is -2.47. The fraction of sp³-hybridized carbons (Fsp3) is 0.793. The number of ether oxygens (including phenoxy) is 1. The van der Waals surface area contributed by atoms with Crippen molar-refractivity contribution < 1.29 is 4.74 Å². The smallest absolute Gasteiger partial charge is 0.0642 e. The summed E-state index contributed by atoms with van der Waals surface area (Å²) >= 11 is 0. The van der Waals surface area contributed by atoms with Crippen molar-refractivity contribution in [3.8, 4) is 0 Å². The summed E-state index contributed by atoms with van der Waals surface area (Å²) in [6.07, 6.45) is 15.8. The number of unbranched alkanes of at least 4 members (excludes halogenated alkanes) is 1. The quantitative estimate of drug-likeness (QED) is 0.455. The first-order valence-electron chi connectivity index (χ1n) is 14.2. The molecule has 4 aliphatic rings. The van der Waals surface area contributed by atoms with Gasteiger partial charge in [-0.15, -0.1) is 12.4 Å². The number of anilines is 2.